The van der Waals surface area contributed by atoms with Gasteiger partial charge in [0.1, 0.15) is 5.82 Å². The highest BCUT2D eigenvalue weighted by Crippen LogP contribution is 2.37. The van der Waals surface area contributed by atoms with Gasteiger partial charge in [-0.15, -0.1) is 0 Å². The second kappa shape index (κ2) is 8.24. The average molecular weight is 484 g/mol. The molecule has 33 heavy (non-hydrogen) atoms. The van der Waals surface area contributed by atoms with Gasteiger partial charge >= 0.3 is 6.18 Å². The number of aromatic nitrogens is 4. The number of hydrogen-bond donors (Lipinski definition) is 1. The molecule has 0 bridgehead atoms. The van der Waals surface area contributed by atoms with Gasteiger partial charge in [0, 0.05) is 31.1 Å². The third-order valence-electron chi connectivity index (χ3n) is 5.66. The molecule has 1 aliphatic rings. The topological polar surface area (TPSA) is 101 Å². The van der Waals surface area contributed by atoms with Crippen molar-refractivity contribution in [2.45, 2.75) is 50.5 Å². The van der Waals surface area contributed by atoms with Gasteiger partial charge < -0.3 is 14.6 Å². The summed E-state index contributed by atoms with van der Waals surface area (Å²) in [6, 6.07) is 4.31. The van der Waals surface area contributed by atoms with E-state index in [0.717, 1.165) is 12.5 Å². The minimum absolute atomic E-state index is 0.0830. The summed E-state index contributed by atoms with van der Waals surface area (Å²) < 4.78 is 66.5. The third-order valence-corrected chi connectivity index (χ3v) is 6.77. The quantitative estimate of drug-likeness (QED) is 0.594. The van der Waals surface area contributed by atoms with E-state index < -0.39 is 34.4 Å². The lowest BCUT2D eigenvalue weighted by Gasteiger charge is -2.37. The lowest BCUT2D eigenvalue weighted by atomic mass is 10.0. The molecule has 2 aromatic heterocycles. The first kappa shape index (κ1) is 23.4. The molecule has 0 spiro atoms. The molecule has 0 saturated heterocycles. The van der Waals surface area contributed by atoms with E-state index in [1.54, 1.807) is 17.0 Å². The molecule has 0 amide bonds. The Bertz CT molecular complexity index is 1300. The zero-order valence-corrected chi connectivity index (χ0v) is 19.2. The van der Waals surface area contributed by atoms with E-state index in [-0.39, 0.29) is 22.3 Å². The molecule has 0 saturated carbocycles. The molecule has 1 N–H and O–H groups in total. The van der Waals surface area contributed by atoms with Crippen LogP contribution in [-0.2, 0) is 29.2 Å². The Morgan fingerprint density at radius 3 is 2.55 bits per heavy atom. The standard InChI is InChI=1S/C21H24F3N5O3S/c1-12(2)8-17-19-26-15-5-4-14(33(3,31)32)9-16(15)28(19)6-7-29(17)20-25-10-13(11-30)18(27-20)21(22,23)24/h4-5,9-10,12,17,30H,6-8,11H2,1-3H3. The van der Waals surface area contributed by atoms with E-state index in [1.807, 2.05) is 18.4 Å². The summed E-state index contributed by atoms with van der Waals surface area (Å²) >= 11 is 0. The van der Waals surface area contributed by atoms with Crippen LogP contribution in [0.25, 0.3) is 11.0 Å². The van der Waals surface area contributed by atoms with E-state index in [9.17, 15) is 26.7 Å². The summed E-state index contributed by atoms with van der Waals surface area (Å²) in [6.07, 6.45) is -2.01. The number of nitrogens with zero attached hydrogens (tertiary/aromatic N) is 5. The van der Waals surface area contributed by atoms with Crippen LogP contribution in [0.2, 0.25) is 0 Å². The number of aliphatic hydroxyl groups is 1. The van der Waals surface area contributed by atoms with Crippen LogP contribution in [0.15, 0.2) is 29.3 Å². The molecule has 1 unspecified atom stereocenters. The smallest absolute Gasteiger partial charge is 0.392 e. The molecule has 0 radical (unpaired) electrons. The Morgan fingerprint density at radius 2 is 1.94 bits per heavy atom. The summed E-state index contributed by atoms with van der Waals surface area (Å²) in [6.45, 7) is 3.87. The van der Waals surface area contributed by atoms with Crippen LogP contribution in [0.3, 0.4) is 0 Å². The molecule has 178 valence electrons. The number of hydrogen-bond acceptors (Lipinski definition) is 7. The maximum absolute atomic E-state index is 13.5. The van der Waals surface area contributed by atoms with Gasteiger partial charge in [-0.3, -0.25) is 0 Å². The van der Waals surface area contributed by atoms with Crippen molar-refractivity contribution >= 4 is 26.8 Å². The Morgan fingerprint density at radius 1 is 1.21 bits per heavy atom. The molecule has 1 aromatic carbocycles. The van der Waals surface area contributed by atoms with Gasteiger partial charge in [0.05, 0.1) is 28.6 Å². The largest absolute Gasteiger partial charge is 0.433 e. The first-order chi connectivity index (χ1) is 15.4. The maximum Gasteiger partial charge on any atom is 0.433 e. The molecule has 3 aromatic rings. The highest BCUT2D eigenvalue weighted by molar-refractivity contribution is 7.90. The SMILES string of the molecule is CC(C)CC1c2nc3ccc(S(C)(=O)=O)cc3n2CCN1c1ncc(CO)c(C(F)(F)F)n1. The number of anilines is 1. The average Bonchev–Trinajstić information content (AvgIpc) is 3.10. The van der Waals surface area contributed by atoms with Crippen molar-refractivity contribution in [3.63, 3.8) is 0 Å². The second-order valence-corrected chi connectivity index (χ2v) is 10.6. The minimum atomic E-state index is -4.73. The van der Waals surface area contributed by atoms with Gasteiger partial charge in [0.15, 0.2) is 15.5 Å². The zero-order valence-electron chi connectivity index (χ0n) is 18.3. The van der Waals surface area contributed by atoms with Crippen molar-refractivity contribution in [1.29, 1.82) is 0 Å². The van der Waals surface area contributed by atoms with Gasteiger partial charge in [0.25, 0.3) is 0 Å². The predicted octanol–water partition coefficient (Wildman–Crippen LogP) is 3.35. The second-order valence-electron chi connectivity index (χ2n) is 8.58. The number of sulfone groups is 1. The molecule has 0 aliphatic carbocycles. The zero-order chi connectivity index (χ0) is 24.1. The van der Waals surface area contributed by atoms with Crippen molar-refractivity contribution in [2.24, 2.45) is 5.92 Å². The lowest BCUT2D eigenvalue weighted by Crippen LogP contribution is -2.40. The maximum atomic E-state index is 13.5. The van der Waals surface area contributed by atoms with Crippen LogP contribution < -0.4 is 4.90 Å². The number of alkyl halides is 3. The highest BCUT2D eigenvalue weighted by atomic mass is 32.2. The van der Waals surface area contributed by atoms with Crippen molar-refractivity contribution in [1.82, 2.24) is 19.5 Å². The Balaban J connectivity index is 1.84. The first-order valence-corrected chi connectivity index (χ1v) is 12.3. The predicted molar refractivity (Wildman–Crippen MR) is 115 cm³/mol. The molecule has 12 heteroatoms. The number of halogens is 3. The van der Waals surface area contributed by atoms with Gasteiger partial charge in [-0.25, -0.2) is 23.4 Å². The van der Waals surface area contributed by atoms with Crippen LogP contribution in [0.4, 0.5) is 19.1 Å². The van der Waals surface area contributed by atoms with Crippen LogP contribution in [0.5, 0.6) is 0 Å². The summed E-state index contributed by atoms with van der Waals surface area (Å²) in [5.41, 5.74) is -0.270. The van der Waals surface area contributed by atoms with Crippen LogP contribution in [-0.4, -0.2) is 45.8 Å². The number of imidazole rings is 1. The van der Waals surface area contributed by atoms with Gasteiger partial charge in [-0.05, 0) is 30.5 Å². The van der Waals surface area contributed by atoms with Crippen LogP contribution >= 0.6 is 0 Å². The van der Waals surface area contributed by atoms with E-state index >= 15 is 0 Å². The van der Waals surface area contributed by atoms with Crippen molar-refractivity contribution < 1.29 is 26.7 Å². The van der Waals surface area contributed by atoms with Gasteiger partial charge in [-0.1, -0.05) is 13.8 Å². The summed E-state index contributed by atoms with van der Waals surface area (Å²) in [5.74, 6) is 0.730. The molecule has 8 nitrogen and oxygen atoms in total. The molecule has 1 atom stereocenters. The van der Waals surface area contributed by atoms with Gasteiger partial charge in [0.2, 0.25) is 5.95 Å². The monoisotopic (exact) mass is 483 g/mol. The molecular formula is C21H24F3N5O3S. The Labute approximate surface area is 189 Å². The highest BCUT2D eigenvalue weighted by Gasteiger charge is 2.38. The fraction of sp³-hybridized carbons (Fsp3) is 0.476. The molecule has 4 rings (SSSR count). The summed E-state index contributed by atoms with van der Waals surface area (Å²) in [7, 11) is -3.41. The lowest BCUT2D eigenvalue weighted by molar-refractivity contribution is -0.142. The van der Waals surface area contributed by atoms with E-state index in [2.05, 4.69) is 9.97 Å². The van der Waals surface area contributed by atoms with Crippen LogP contribution in [0.1, 0.15) is 43.4 Å². The van der Waals surface area contributed by atoms with E-state index in [0.29, 0.717) is 36.4 Å². The Kier molecular flexibility index (Phi) is 5.85. The Hall–Kier alpha value is -2.73. The first-order valence-electron chi connectivity index (χ1n) is 10.4. The number of aliphatic hydroxyl groups excluding tert-OH is 1. The molecular weight excluding hydrogens is 459 g/mol. The fourth-order valence-electron chi connectivity index (χ4n) is 4.16. The van der Waals surface area contributed by atoms with Crippen LogP contribution in [0, 0.1) is 5.92 Å². The molecule has 1 aliphatic heterocycles. The van der Waals surface area contributed by atoms with E-state index in [1.165, 1.54) is 6.07 Å². The van der Waals surface area contributed by atoms with Crippen molar-refractivity contribution in [2.75, 3.05) is 17.7 Å². The van der Waals surface area contributed by atoms with Crippen molar-refractivity contribution in [3.8, 4) is 0 Å². The fourth-order valence-corrected chi connectivity index (χ4v) is 4.80. The van der Waals surface area contributed by atoms with Gasteiger partial charge in [-0.2, -0.15) is 13.2 Å². The number of fused-ring (bicyclic) bond motifs is 3. The third kappa shape index (κ3) is 4.41. The van der Waals surface area contributed by atoms with E-state index in [4.69, 9.17) is 4.98 Å². The minimum Gasteiger partial charge on any atom is -0.392 e. The summed E-state index contributed by atoms with van der Waals surface area (Å²) in [5, 5.41) is 9.29. The summed E-state index contributed by atoms with van der Waals surface area (Å²) in [4.78, 5) is 14.5. The normalized spacial score (nSPS) is 17.1. The van der Waals surface area contributed by atoms with Crippen molar-refractivity contribution in [3.05, 3.63) is 41.5 Å². The molecule has 3 heterocycles. The molecule has 0 fully saturated rings. The number of benzene rings is 1. The number of rotatable bonds is 5.